The van der Waals surface area contributed by atoms with Crippen LogP contribution in [0.15, 0.2) is 0 Å². The van der Waals surface area contributed by atoms with Gasteiger partial charge >= 0.3 is 0 Å². The molecule has 0 aromatic heterocycles. The van der Waals surface area contributed by atoms with E-state index in [1.165, 1.54) is 7.11 Å². The van der Waals surface area contributed by atoms with Crippen LogP contribution in [-0.4, -0.2) is 152 Å². The summed E-state index contributed by atoms with van der Waals surface area (Å²) in [6, 6.07) is 0. The van der Waals surface area contributed by atoms with Crippen molar-refractivity contribution in [3.63, 3.8) is 0 Å². The van der Waals surface area contributed by atoms with Gasteiger partial charge in [0.25, 0.3) is 0 Å². The number of hydrogen-bond donors (Lipinski definition) is 9. The van der Waals surface area contributed by atoms with E-state index in [2.05, 4.69) is 34.6 Å². The Morgan fingerprint density at radius 3 is 1.98 bits per heavy atom. The highest BCUT2D eigenvalue weighted by Gasteiger charge is 2.71. The number of fused-ring (bicyclic) bond motifs is 5. The van der Waals surface area contributed by atoms with Crippen molar-refractivity contribution in [2.45, 2.75) is 172 Å². The molecule has 2 heterocycles. The number of aliphatic hydroxyl groups excluding tert-OH is 8. The number of ether oxygens (including phenoxy) is 5. The van der Waals surface area contributed by atoms with E-state index >= 15 is 0 Å². The van der Waals surface area contributed by atoms with Crippen LogP contribution in [0.4, 0.5) is 0 Å². The second-order valence-corrected chi connectivity index (χ2v) is 18.9. The summed E-state index contributed by atoms with van der Waals surface area (Å²) in [4.78, 5) is 0. The van der Waals surface area contributed by atoms with Gasteiger partial charge in [0.2, 0.25) is 0 Å². The van der Waals surface area contributed by atoms with E-state index < -0.39 is 96.5 Å². The van der Waals surface area contributed by atoms with Gasteiger partial charge in [-0.2, -0.15) is 0 Å². The molecule has 6 aliphatic rings. The van der Waals surface area contributed by atoms with E-state index in [0.29, 0.717) is 38.2 Å². The zero-order valence-corrected chi connectivity index (χ0v) is 33.0. The molecule has 14 heteroatoms. The Morgan fingerprint density at radius 1 is 0.704 bits per heavy atom. The summed E-state index contributed by atoms with van der Waals surface area (Å²) in [7, 11) is 1.35. The SMILES string of the molecule is CO[C@H]1[C@H](O[C@H]2[C@H](OCC[C@@H](CC[C@@H](C)[C@H]3C[C@@H](O)[C@@H]4[C@]3(C)CC[C@H]3[C@@]4(O)CC(O)C4[C@@H](O)[C@@H](O)CC[C@@]43C)C(C)C)OC[C@@H](O)[C@@H]2O)OC[C@@H](O)[C@@H]1O. The first kappa shape index (κ1) is 43.0. The number of rotatable bonds is 12. The van der Waals surface area contributed by atoms with Gasteiger partial charge in [-0.05, 0) is 85.4 Å². The zero-order chi connectivity index (χ0) is 39.5. The molecule has 0 bridgehead atoms. The van der Waals surface area contributed by atoms with Crippen molar-refractivity contribution in [1.82, 2.24) is 0 Å². The largest absolute Gasteiger partial charge is 0.393 e. The Hall–Kier alpha value is -0.560. The van der Waals surface area contributed by atoms with Gasteiger partial charge in [-0.3, -0.25) is 0 Å². The van der Waals surface area contributed by atoms with Gasteiger partial charge < -0.3 is 69.6 Å². The third-order valence-corrected chi connectivity index (χ3v) is 15.6. The summed E-state index contributed by atoms with van der Waals surface area (Å²) in [5.74, 6) is -0.0379. The molecule has 54 heavy (non-hydrogen) atoms. The molecule has 9 N–H and O–H groups in total. The monoisotopic (exact) mass is 774 g/mol. The Bertz CT molecular complexity index is 1240. The molecule has 2 unspecified atom stereocenters. The van der Waals surface area contributed by atoms with Crippen molar-refractivity contribution in [3.8, 4) is 0 Å². The molecule has 0 amide bonds. The predicted octanol–water partition coefficient (Wildman–Crippen LogP) is 0.685. The second kappa shape index (κ2) is 16.6. The lowest BCUT2D eigenvalue weighted by atomic mass is 9.41. The van der Waals surface area contributed by atoms with Gasteiger partial charge in [-0.15, -0.1) is 0 Å². The van der Waals surface area contributed by atoms with Crippen molar-refractivity contribution < 1.29 is 69.6 Å². The van der Waals surface area contributed by atoms with Crippen LogP contribution in [-0.2, 0) is 23.7 Å². The van der Waals surface area contributed by atoms with Crippen LogP contribution in [0.5, 0.6) is 0 Å². The molecule has 2 saturated heterocycles. The molecule has 21 atom stereocenters. The van der Waals surface area contributed by atoms with Crippen molar-refractivity contribution in [1.29, 1.82) is 0 Å². The lowest BCUT2D eigenvalue weighted by molar-refractivity contribution is -0.345. The van der Waals surface area contributed by atoms with Crippen LogP contribution in [0.2, 0.25) is 0 Å². The normalized spacial score (nSPS) is 52.0. The van der Waals surface area contributed by atoms with Crippen LogP contribution in [0, 0.1) is 52.3 Å². The van der Waals surface area contributed by atoms with E-state index in [1.54, 1.807) is 0 Å². The summed E-state index contributed by atoms with van der Waals surface area (Å²) in [5.41, 5.74) is -2.14. The van der Waals surface area contributed by atoms with Gasteiger partial charge in [0.05, 0.1) is 49.8 Å². The van der Waals surface area contributed by atoms with Gasteiger partial charge in [-0.1, -0.05) is 41.0 Å². The predicted molar refractivity (Wildman–Crippen MR) is 193 cm³/mol. The first-order valence-electron chi connectivity index (χ1n) is 20.6. The molecule has 4 aliphatic carbocycles. The molecule has 6 fully saturated rings. The van der Waals surface area contributed by atoms with Gasteiger partial charge in [0, 0.05) is 25.4 Å². The standard InChI is InChI=1S/C40H70O14/c1-19(2)21(11-14-51-36-34(32(48)27(45)17-52-36)54-37-33(50-6)31(47)26(44)18-53-37)8-7-20(3)22-15-24(42)35-38(22,4)13-10-28-39(5)12-9-23(41)30(46)29(39)25(43)16-40(28,35)49/h19-37,41-49H,7-18H2,1-6H3/t20-,21-,22-,23+,24-,25?,26-,27-,28-,29?,30+,31+,32+,33-,34-,35-,36-,37+,38-,39-,40+/m1/s1. The molecule has 4 saturated carbocycles. The zero-order valence-electron chi connectivity index (χ0n) is 33.0. The van der Waals surface area contributed by atoms with E-state index in [9.17, 15) is 46.0 Å². The summed E-state index contributed by atoms with van der Waals surface area (Å²) in [6.07, 6.45) is -7.08. The molecule has 314 valence electrons. The molecule has 0 aromatic rings. The fourth-order valence-electron chi connectivity index (χ4n) is 12.7. The topological polar surface area (TPSA) is 228 Å². The number of hydrogen-bond acceptors (Lipinski definition) is 14. The minimum Gasteiger partial charge on any atom is -0.393 e. The van der Waals surface area contributed by atoms with Crippen LogP contribution in [0.3, 0.4) is 0 Å². The minimum absolute atomic E-state index is 0.0911. The van der Waals surface area contributed by atoms with E-state index in [4.69, 9.17) is 23.7 Å². The van der Waals surface area contributed by atoms with Crippen LogP contribution >= 0.6 is 0 Å². The summed E-state index contributed by atoms with van der Waals surface area (Å²) in [6.45, 7) is 10.9. The maximum atomic E-state index is 12.6. The second-order valence-electron chi connectivity index (χ2n) is 18.9. The Labute approximate surface area is 320 Å². The van der Waals surface area contributed by atoms with Crippen molar-refractivity contribution in [2.24, 2.45) is 52.3 Å². The first-order valence-corrected chi connectivity index (χ1v) is 20.6. The highest BCUT2D eigenvalue weighted by atomic mass is 16.8. The van der Waals surface area contributed by atoms with Gasteiger partial charge in [-0.25, -0.2) is 0 Å². The average molecular weight is 775 g/mol. The maximum absolute atomic E-state index is 12.6. The quantitative estimate of drug-likeness (QED) is 0.133. The van der Waals surface area contributed by atoms with Crippen molar-refractivity contribution >= 4 is 0 Å². The third-order valence-electron chi connectivity index (χ3n) is 15.6. The van der Waals surface area contributed by atoms with Crippen molar-refractivity contribution in [3.05, 3.63) is 0 Å². The first-order chi connectivity index (χ1) is 25.4. The van der Waals surface area contributed by atoms with Crippen molar-refractivity contribution in [2.75, 3.05) is 26.9 Å². The lowest BCUT2D eigenvalue weighted by Crippen LogP contribution is -2.70. The Balaban J connectivity index is 1.07. The van der Waals surface area contributed by atoms with Gasteiger partial charge in [0.1, 0.15) is 36.6 Å². The van der Waals surface area contributed by atoms with Crippen LogP contribution in [0.25, 0.3) is 0 Å². The fourth-order valence-corrected chi connectivity index (χ4v) is 12.7. The van der Waals surface area contributed by atoms with Crippen LogP contribution < -0.4 is 0 Å². The van der Waals surface area contributed by atoms with E-state index in [-0.39, 0.29) is 48.7 Å². The number of aliphatic hydroxyl groups is 9. The molecule has 0 spiro atoms. The highest BCUT2D eigenvalue weighted by molar-refractivity contribution is 5.21. The fraction of sp³-hybridized carbons (Fsp3) is 1.00. The van der Waals surface area contributed by atoms with E-state index in [0.717, 1.165) is 25.7 Å². The molecule has 2 aliphatic heterocycles. The smallest absolute Gasteiger partial charge is 0.187 e. The molecule has 14 nitrogen and oxygen atoms in total. The Kier molecular flexibility index (Phi) is 13.2. The average Bonchev–Trinajstić information content (AvgIpc) is 3.39. The summed E-state index contributed by atoms with van der Waals surface area (Å²) >= 11 is 0. The van der Waals surface area contributed by atoms with E-state index in [1.807, 2.05) is 0 Å². The molecular weight excluding hydrogens is 704 g/mol. The maximum Gasteiger partial charge on any atom is 0.187 e. The van der Waals surface area contributed by atoms with Crippen LogP contribution in [0.1, 0.15) is 92.4 Å². The van der Waals surface area contributed by atoms with Gasteiger partial charge in [0.15, 0.2) is 12.6 Å². The summed E-state index contributed by atoms with van der Waals surface area (Å²) < 4.78 is 28.8. The summed E-state index contributed by atoms with van der Waals surface area (Å²) in [5, 5.41) is 98.9. The minimum atomic E-state index is -1.35. The molecule has 0 aromatic carbocycles. The molecule has 0 radical (unpaired) electrons. The highest BCUT2D eigenvalue weighted by Crippen LogP contribution is 2.70. The third kappa shape index (κ3) is 7.58. The number of methoxy groups -OCH3 is 1. The molecular formula is C40H70O14. The Morgan fingerprint density at radius 2 is 1.33 bits per heavy atom. The molecule has 6 rings (SSSR count). The lowest BCUT2D eigenvalue weighted by Gasteiger charge is -2.66.